The van der Waals surface area contributed by atoms with E-state index in [4.69, 9.17) is 13.6 Å². The predicted octanol–water partition coefficient (Wildman–Crippen LogP) is 6.78. The summed E-state index contributed by atoms with van der Waals surface area (Å²) in [6.07, 6.45) is 0.639. The number of fused-ring (bicyclic) bond motifs is 2. The van der Waals surface area contributed by atoms with Crippen molar-refractivity contribution in [1.82, 2.24) is 0 Å². The molecule has 0 saturated carbocycles. The zero-order chi connectivity index (χ0) is 20.8. The van der Waals surface area contributed by atoms with E-state index in [2.05, 4.69) is 12.1 Å². The zero-order valence-corrected chi connectivity index (χ0v) is 18.3. The molecule has 0 N–H and O–H groups in total. The number of rotatable bonds is 2. The van der Waals surface area contributed by atoms with Gasteiger partial charge in [-0.2, -0.15) is 4.57 Å². The second kappa shape index (κ2) is 7.27. The molecule has 1 aliphatic rings. The molecule has 0 amide bonds. The minimum absolute atomic E-state index is 0.442. The molecule has 0 spiro atoms. The lowest BCUT2D eigenvalue weighted by Gasteiger charge is -2.27. The highest BCUT2D eigenvalue weighted by Crippen LogP contribution is 2.54. The van der Waals surface area contributed by atoms with E-state index in [1.165, 1.54) is 0 Å². The average molecular weight is 408 g/mol. The maximum atomic E-state index is 13.8. The van der Waals surface area contributed by atoms with Crippen LogP contribution >= 0.6 is 7.82 Å². The van der Waals surface area contributed by atoms with Crippen molar-refractivity contribution < 1.29 is 18.1 Å². The van der Waals surface area contributed by atoms with Gasteiger partial charge in [-0.3, -0.25) is 0 Å². The van der Waals surface area contributed by atoms with Gasteiger partial charge in [-0.1, -0.05) is 53.1 Å². The molecule has 0 atom stereocenters. The standard InChI is InChI=1S/C24H25O4P/c1-15-6-8-22(9-7-15)26-29(25)27-23-18(4)10-16(2)12-20(23)14-21-13-17(3)11-19(5)24(21)28-29/h6-13H,14H2,1-5H3. The van der Waals surface area contributed by atoms with E-state index in [1.807, 2.05) is 58.9 Å². The van der Waals surface area contributed by atoms with Crippen LogP contribution in [0, 0.1) is 34.6 Å². The lowest BCUT2D eigenvalue weighted by Crippen LogP contribution is -2.14. The van der Waals surface area contributed by atoms with E-state index in [-0.39, 0.29) is 0 Å². The van der Waals surface area contributed by atoms with Crippen molar-refractivity contribution in [2.45, 2.75) is 41.0 Å². The smallest absolute Gasteiger partial charge is 0.386 e. The molecule has 1 heterocycles. The first-order valence-electron chi connectivity index (χ1n) is 9.68. The molecule has 0 aliphatic carbocycles. The first kappa shape index (κ1) is 19.6. The van der Waals surface area contributed by atoms with Crippen LogP contribution in [0.1, 0.15) is 38.9 Å². The van der Waals surface area contributed by atoms with Gasteiger partial charge >= 0.3 is 7.82 Å². The van der Waals surface area contributed by atoms with Crippen LogP contribution in [0.2, 0.25) is 0 Å². The Bertz CT molecular complexity index is 1070. The fraction of sp³-hybridized carbons (Fsp3) is 0.250. The minimum Gasteiger partial charge on any atom is -0.386 e. The molecule has 5 heteroatoms. The summed E-state index contributed by atoms with van der Waals surface area (Å²) in [7, 11) is -3.97. The second-order valence-electron chi connectivity index (χ2n) is 7.85. The van der Waals surface area contributed by atoms with Crippen molar-refractivity contribution in [2.75, 3.05) is 0 Å². The van der Waals surface area contributed by atoms with Crippen molar-refractivity contribution in [3.8, 4) is 17.2 Å². The Morgan fingerprint density at radius 1 is 0.724 bits per heavy atom. The molecule has 29 heavy (non-hydrogen) atoms. The van der Waals surface area contributed by atoms with Crippen LogP contribution in [0.4, 0.5) is 0 Å². The monoisotopic (exact) mass is 408 g/mol. The topological polar surface area (TPSA) is 44.8 Å². The van der Waals surface area contributed by atoms with E-state index in [0.29, 0.717) is 23.7 Å². The van der Waals surface area contributed by atoms with Gasteiger partial charge in [0.15, 0.2) is 0 Å². The van der Waals surface area contributed by atoms with Crippen molar-refractivity contribution in [2.24, 2.45) is 0 Å². The average Bonchev–Trinajstić information content (AvgIpc) is 2.62. The first-order valence-corrected chi connectivity index (χ1v) is 11.1. The van der Waals surface area contributed by atoms with E-state index >= 15 is 0 Å². The summed E-state index contributed by atoms with van der Waals surface area (Å²) in [5.74, 6) is 1.57. The number of aryl methyl sites for hydroxylation is 5. The van der Waals surface area contributed by atoms with Gasteiger partial charge in [0, 0.05) is 6.42 Å². The third kappa shape index (κ3) is 4.04. The second-order valence-corrected chi connectivity index (χ2v) is 9.29. The highest BCUT2D eigenvalue weighted by molar-refractivity contribution is 7.49. The number of hydrogen-bond acceptors (Lipinski definition) is 4. The van der Waals surface area contributed by atoms with Gasteiger partial charge in [0.25, 0.3) is 0 Å². The van der Waals surface area contributed by atoms with Crippen molar-refractivity contribution in [3.63, 3.8) is 0 Å². The highest BCUT2D eigenvalue weighted by Gasteiger charge is 2.37. The van der Waals surface area contributed by atoms with Gasteiger partial charge in [0.1, 0.15) is 17.2 Å². The van der Waals surface area contributed by atoms with Crippen LogP contribution in [-0.2, 0) is 11.0 Å². The molecule has 0 aromatic heterocycles. The molecule has 4 nitrogen and oxygen atoms in total. The van der Waals surface area contributed by atoms with Crippen LogP contribution < -0.4 is 13.6 Å². The lowest BCUT2D eigenvalue weighted by atomic mass is 9.96. The Kier molecular flexibility index (Phi) is 4.92. The summed E-state index contributed by atoms with van der Waals surface area (Å²) in [5.41, 5.74) is 7.12. The first-order chi connectivity index (χ1) is 13.7. The predicted molar refractivity (Wildman–Crippen MR) is 115 cm³/mol. The van der Waals surface area contributed by atoms with E-state index in [1.54, 1.807) is 12.1 Å². The molecule has 0 bridgehead atoms. The number of phosphoric ester groups is 1. The van der Waals surface area contributed by atoms with Crippen molar-refractivity contribution in [3.05, 3.63) is 87.5 Å². The van der Waals surface area contributed by atoms with Gasteiger partial charge in [-0.05, 0) is 69.0 Å². The summed E-state index contributed by atoms with van der Waals surface area (Å²) < 4.78 is 31.6. The SMILES string of the molecule is Cc1ccc(OP2(=O)Oc3c(C)cc(C)cc3Cc3cc(C)cc(C)c3O2)cc1. The van der Waals surface area contributed by atoms with Crippen LogP contribution in [0.5, 0.6) is 17.2 Å². The van der Waals surface area contributed by atoms with Crippen molar-refractivity contribution >= 4 is 7.82 Å². The quantitative estimate of drug-likeness (QED) is 0.439. The van der Waals surface area contributed by atoms with Gasteiger partial charge in [-0.25, -0.2) is 0 Å². The fourth-order valence-corrected chi connectivity index (χ4v) is 5.28. The Morgan fingerprint density at radius 2 is 1.21 bits per heavy atom. The molecular formula is C24H25O4P. The van der Waals surface area contributed by atoms with E-state index < -0.39 is 7.82 Å². The molecule has 0 unspecified atom stereocenters. The Balaban J connectivity index is 1.87. The number of benzene rings is 3. The molecule has 0 radical (unpaired) electrons. The third-order valence-electron chi connectivity index (χ3n) is 5.02. The van der Waals surface area contributed by atoms with Gasteiger partial charge in [-0.15, -0.1) is 0 Å². The Morgan fingerprint density at radius 3 is 1.69 bits per heavy atom. The maximum absolute atomic E-state index is 13.8. The fourth-order valence-electron chi connectivity index (χ4n) is 3.82. The maximum Gasteiger partial charge on any atom is 0.647 e. The van der Waals surface area contributed by atoms with Gasteiger partial charge in [0.2, 0.25) is 0 Å². The molecule has 0 saturated heterocycles. The molecule has 3 aromatic carbocycles. The third-order valence-corrected chi connectivity index (χ3v) is 6.26. The normalized spacial score (nSPS) is 14.5. The van der Waals surface area contributed by atoms with E-state index in [0.717, 1.165) is 38.9 Å². The molecule has 150 valence electrons. The minimum atomic E-state index is -3.97. The number of hydrogen-bond donors (Lipinski definition) is 0. The van der Waals surface area contributed by atoms with Crippen LogP contribution in [-0.4, -0.2) is 0 Å². The molecular weight excluding hydrogens is 383 g/mol. The summed E-state index contributed by atoms with van der Waals surface area (Å²) in [6, 6.07) is 15.5. The zero-order valence-electron chi connectivity index (χ0n) is 17.4. The molecule has 1 aliphatic heterocycles. The Labute approximate surface area is 172 Å². The van der Waals surface area contributed by atoms with E-state index in [9.17, 15) is 4.57 Å². The molecule has 3 aromatic rings. The lowest BCUT2D eigenvalue weighted by molar-refractivity contribution is 0.293. The molecule has 4 rings (SSSR count). The van der Waals surface area contributed by atoms with Crippen LogP contribution in [0.3, 0.4) is 0 Å². The number of phosphoric acid groups is 1. The van der Waals surface area contributed by atoms with Crippen LogP contribution in [0.15, 0.2) is 48.5 Å². The Hall–Kier alpha value is -2.71. The van der Waals surface area contributed by atoms with Gasteiger partial charge < -0.3 is 13.6 Å². The summed E-state index contributed by atoms with van der Waals surface area (Å²) in [5, 5.41) is 0. The summed E-state index contributed by atoms with van der Waals surface area (Å²) in [4.78, 5) is 0. The summed E-state index contributed by atoms with van der Waals surface area (Å²) in [6.45, 7) is 9.98. The van der Waals surface area contributed by atoms with Gasteiger partial charge in [0.05, 0.1) is 0 Å². The highest BCUT2D eigenvalue weighted by atomic mass is 31.2. The van der Waals surface area contributed by atoms with Crippen LogP contribution in [0.25, 0.3) is 0 Å². The largest absolute Gasteiger partial charge is 0.647 e. The van der Waals surface area contributed by atoms with Crippen molar-refractivity contribution in [1.29, 1.82) is 0 Å². The molecule has 0 fully saturated rings. The summed E-state index contributed by atoms with van der Waals surface area (Å²) >= 11 is 0.